The minimum absolute atomic E-state index is 0.238. The third-order valence-corrected chi connectivity index (χ3v) is 2.77. The molecule has 0 radical (unpaired) electrons. The predicted molar refractivity (Wildman–Crippen MR) is 64.9 cm³/mol. The average Bonchev–Trinajstić information content (AvgIpc) is 2.85. The van der Waals surface area contributed by atoms with Gasteiger partial charge in [0.15, 0.2) is 11.5 Å². The van der Waals surface area contributed by atoms with E-state index in [4.69, 9.17) is 14.2 Å². The molecule has 18 heavy (non-hydrogen) atoms. The zero-order chi connectivity index (χ0) is 12.5. The number of aryl methyl sites for hydroxylation is 1. The van der Waals surface area contributed by atoms with E-state index < -0.39 is 0 Å². The highest BCUT2D eigenvalue weighted by atomic mass is 16.7. The Morgan fingerprint density at radius 2 is 1.89 bits per heavy atom. The number of methoxy groups -OCH3 is 1. The fourth-order valence-electron chi connectivity index (χ4n) is 1.83. The number of benzene rings is 1. The van der Waals surface area contributed by atoms with Crippen LogP contribution in [-0.4, -0.2) is 24.1 Å². The molecular weight excluding hydrogens is 232 g/mol. The summed E-state index contributed by atoms with van der Waals surface area (Å²) in [6.45, 7) is 2.13. The maximum absolute atomic E-state index is 5.36. The van der Waals surface area contributed by atoms with Crippen molar-refractivity contribution >= 4 is 0 Å². The molecule has 0 saturated carbocycles. The Hall–Kier alpha value is -2.30. The zero-order valence-corrected chi connectivity index (χ0v) is 10.1. The van der Waals surface area contributed by atoms with E-state index in [1.165, 1.54) is 0 Å². The molecule has 0 saturated heterocycles. The van der Waals surface area contributed by atoms with E-state index >= 15 is 0 Å². The summed E-state index contributed by atoms with van der Waals surface area (Å²) in [6.07, 6.45) is 0. The molecule has 5 heteroatoms. The largest absolute Gasteiger partial charge is 0.496 e. The standard InChI is InChI=1S/C13H12N2O3/c1-8-3-4-10(15-14-8)9-5-12-13(18-7-17-12)6-11(9)16-2/h3-6H,7H2,1-2H3. The van der Waals surface area contributed by atoms with Crippen LogP contribution in [0.4, 0.5) is 0 Å². The summed E-state index contributed by atoms with van der Waals surface area (Å²) in [6, 6.07) is 7.48. The second-order valence-corrected chi connectivity index (χ2v) is 3.97. The Balaban J connectivity index is 2.13. The summed E-state index contributed by atoms with van der Waals surface area (Å²) in [5, 5.41) is 8.20. The average molecular weight is 244 g/mol. The van der Waals surface area contributed by atoms with E-state index in [0.717, 1.165) is 17.0 Å². The third-order valence-electron chi connectivity index (χ3n) is 2.77. The Morgan fingerprint density at radius 1 is 1.11 bits per heavy atom. The van der Waals surface area contributed by atoms with Gasteiger partial charge >= 0.3 is 0 Å². The highest BCUT2D eigenvalue weighted by Crippen LogP contribution is 2.41. The Kier molecular flexibility index (Phi) is 2.51. The predicted octanol–water partition coefficient (Wildman–Crippen LogP) is 2.19. The van der Waals surface area contributed by atoms with Crippen molar-refractivity contribution in [2.24, 2.45) is 0 Å². The van der Waals surface area contributed by atoms with Crippen LogP contribution >= 0.6 is 0 Å². The lowest BCUT2D eigenvalue weighted by Gasteiger charge is -2.08. The molecule has 0 unspecified atom stereocenters. The Bertz CT molecular complexity index is 582. The first kappa shape index (κ1) is 10.8. The highest BCUT2D eigenvalue weighted by Gasteiger charge is 2.19. The van der Waals surface area contributed by atoms with Crippen molar-refractivity contribution in [3.63, 3.8) is 0 Å². The summed E-state index contributed by atoms with van der Waals surface area (Å²) in [7, 11) is 1.61. The topological polar surface area (TPSA) is 53.5 Å². The SMILES string of the molecule is COc1cc2c(cc1-c1ccc(C)nn1)OCO2. The van der Waals surface area contributed by atoms with Gasteiger partial charge in [-0.25, -0.2) is 0 Å². The molecule has 0 atom stereocenters. The molecule has 2 aromatic rings. The minimum Gasteiger partial charge on any atom is -0.496 e. The summed E-state index contributed by atoms with van der Waals surface area (Å²) in [4.78, 5) is 0. The highest BCUT2D eigenvalue weighted by molar-refractivity contribution is 5.71. The van der Waals surface area contributed by atoms with Crippen molar-refractivity contribution in [2.75, 3.05) is 13.9 Å². The first-order chi connectivity index (χ1) is 8.78. The molecule has 0 spiro atoms. The van der Waals surface area contributed by atoms with E-state index in [1.807, 2.05) is 25.1 Å². The number of fused-ring (bicyclic) bond motifs is 1. The van der Waals surface area contributed by atoms with Gasteiger partial charge in [0.25, 0.3) is 0 Å². The first-order valence-electron chi connectivity index (χ1n) is 5.56. The molecule has 0 amide bonds. The van der Waals surface area contributed by atoms with Crippen molar-refractivity contribution in [2.45, 2.75) is 6.92 Å². The molecular formula is C13H12N2O3. The molecule has 5 nitrogen and oxygen atoms in total. The molecule has 92 valence electrons. The van der Waals surface area contributed by atoms with E-state index in [9.17, 15) is 0 Å². The number of aromatic nitrogens is 2. The van der Waals surface area contributed by atoms with Crippen LogP contribution in [0.1, 0.15) is 5.69 Å². The van der Waals surface area contributed by atoms with Crippen LogP contribution in [0.5, 0.6) is 17.2 Å². The summed E-state index contributed by atoms with van der Waals surface area (Å²) in [5.41, 5.74) is 2.46. The van der Waals surface area contributed by atoms with Crippen LogP contribution in [0.25, 0.3) is 11.3 Å². The Morgan fingerprint density at radius 3 is 2.56 bits per heavy atom. The van der Waals surface area contributed by atoms with E-state index in [-0.39, 0.29) is 6.79 Å². The first-order valence-corrected chi connectivity index (χ1v) is 5.56. The number of rotatable bonds is 2. The molecule has 1 aliphatic heterocycles. The fraction of sp³-hybridized carbons (Fsp3) is 0.231. The molecule has 3 rings (SSSR count). The Labute approximate surface area is 104 Å². The van der Waals surface area contributed by atoms with Gasteiger partial charge in [0.1, 0.15) is 5.75 Å². The molecule has 0 fully saturated rings. The molecule has 1 aromatic heterocycles. The van der Waals surface area contributed by atoms with Crippen LogP contribution in [-0.2, 0) is 0 Å². The van der Waals surface area contributed by atoms with Gasteiger partial charge in [0, 0.05) is 11.6 Å². The van der Waals surface area contributed by atoms with Gasteiger partial charge in [0.05, 0.1) is 18.5 Å². The molecule has 1 aromatic carbocycles. The normalized spacial score (nSPS) is 12.6. The van der Waals surface area contributed by atoms with Gasteiger partial charge in [-0.2, -0.15) is 10.2 Å². The number of hydrogen-bond acceptors (Lipinski definition) is 5. The zero-order valence-electron chi connectivity index (χ0n) is 10.1. The lowest BCUT2D eigenvalue weighted by atomic mass is 10.1. The second-order valence-electron chi connectivity index (χ2n) is 3.97. The van der Waals surface area contributed by atoms with Gasteiger partial charge in [-0.1, -0.05) is 0 Å². The van der Waals surface area contributed by atoms with Crippen molar-refractivity contribution in [1.82, 2.24) is 10.2 Å². The van der Waals surface area contributed by atoms with Gasteiger partial charge < -0.3 is 14.2 Å². The smallest absolute Gasteiger partial charge is 0.231 e. The van der Waals surface area contributed by atoms with E-state index in [2.05, 4.69) is 10.2 Å². The van der Waals surface area contributed by atoms with Gasteiger partial charge in [0.2, 0.25) is 6.79 Å². The quantitative estimate of drug-likeness (QED) is 0.810. The maximum atomic E-state index is 5.36. The number of ether oxygens (including phenoxy) is 3. The van der Waals surface area contributed by atoms with Gasteiger partial charge in [-0.05, 0) is 25.1 Å². The van der Waals surface area contributed by atoms with Crippen LogP contribution < -0.4 is 14.2 Å². The lowest BCUT2D eigenvalue weighted by molar-refractivity contribution is 0.174. The molecule has 0 bridgehead atoms. The van der Waals surface area contributed by atoms with Crippen molar-refractivity contribution in [3.05, 3.63) is 30.0 Å². The van der Waals surface area contributed by atoms with Gasteiger partial charge in [-0.3, -0.25) is 0 Å². The number of hydrogen-bond donors (Lipinski definition) is 0. The maximum Gasteiger partial charge on any atom is 0.231 e. The van der Waals surface area contributed by atoms with Crippen molar-refractivity contribution in [1.29, 1.82) is 0 Å². The van der Waals surface area contributed by atoms with E-state index in [1.54, 1.807) is 13.2 Å². The number of nitrogens with zero attached hydrogens (tertiary/aromatic N) is 2. The minimum atomic E-state index is 0.238. The third kappa shape index (κ3) is 1.73. The molecule has 0 N–H and O–H groups in total. The second kappa shape index (κ2) is 4.18. The molecule has 1 aliphatic rings. The molecule has 2 heterocycles. The summed E-state index contributed by atoms with van der Waals surface area (Å²) < 4.78 is 16.0. The van der Waals surface area contributed by atoms with Crippen molar-refractivity contribution < 1.29 is 14.2 Å². The summed E-state index contributed by atoms with van der Waals surface area (Å²) in [5.74, 6) is 2.08. The summed E-state index contributed by atoms with van der Waals surface area (Å²) >= 11 is 0. The fourth-order valence-corrected chi connectivity index (χ4v) is 1.83. The van der Waals surface area contributed by atoms with Crippen LogP contribution in [0.15, 0.2) is 24.3 Å². The van der Waals surface area contributed by atoms with Crippen molar-refractivity contribution in [3.8, 4) is 28.5 Å². The van der Waals surface area contributed by atoms with E-state index in [0.29, 0.717) is 17.2 Å². The van der Waals surface area contributed by atoms with Gasteiger partial charge in [-0.15, -0.1) is 0 Å². The van der Waals surface area contributed by atoms with Crippen LogP contribution in [0, 0.1) is 6.92 Å². The lowest BCUT2D eigenvalue weighted by Crippen LogP contribution is -1.93. The van der Waals surface area contributed by atoms with Crippen LogP contribution in [0.2, 0.25) is 0 Å². The monoisotopic (exact) mass is 244 g/mol. The van der Waals surface area contributed by atoms with Crippen LogP contribution in [0.3, 0.4) is 0 Å². The molecule has 0 aliphatic carbocycles.